The fourth-order valence-corrected chi connectivity index (χ4v) is 1.27. The molecular weight excluding hydrogens is 146 g/mol. The van der Waals surface area contributed by atoms with Crippen LogP contribution in [0.5, 0.6) is 5.88 Å². The maximum atomic E-state index is 5.21. The minimum Gasteiger partial charge on any atom is -0.477 e. The largest absolute Gasteiger partial charge is 0.477 e. The minimum absolute atomic E-state index is 0.763. The van der Waals surface area contributed by atoms with Crippen molar-refractivity contribution in [3.63, 3.8) is 0 Å². The predicted molar refractivity (Wildman–Crippen MR) is 40.7 cm³/mol. The van der Waals surface area contributed by atoms with E-state index in [0.29, 0.717) is 0 Å². The van der Waals surface area contributed by atoms with Crippen molar-refractivity contribution in [1.29, 1.82) is 0 Å². The quantitative estimate of drug-likeness (QED) is 0.567. The standard InChI is InChI=1S/C7H7NOS/c10-6-3-5-1-2-9-7(5)8-4-6/h3-4,10H,1-2H2. The Morgan fingerprint density at radius 3 is 3.40 bits per heavy atom. The zero-order valence-corrected chi connectivity index (χ0v) is 6.27. The topological polar surface area (TPSA) is 22.1 Å². The molecule has 0 radical (unpaired) electrons. The summed E-state index contributed by atoms with van der Waals surface area (Å²) in [5.41, 5.74) is 1.17. The number of thiol groups is 1. The maximum Gasteiger partial charge on any atom is 0.216 e. The van der Waals surface area contributed by atoms with Crippen molar-refractivity contribution in [3.05, 3.63) is 17.8 Å². The fraction of sp³-hybridized carbons (Fsp3) is 0.286. The second-order valence-electron chi connectivity index (χ2n) is 2.26. The minimum atomic E-state index is 0.763. The first-order chi connectivity index (χ1) is 4.86. The Morgan fingerprint density at radius 1 is 1.60 bits per heavy atom. The maximum absolute atomic E-state index is 5.21. The molecule has 2 rings (SSSR count). The van der Waals surface area contributed by atoms with Gasteiger partial charge in [0.25, 0.3) is 0 Å². The molecule has 2 nitrogen and oxygen atoms in total. The van der Waals surface area contributed by atoms with E-state index < -0.39 is 0 Å². The highest BCUT2D eigenvalue weighted by molar-refractivity contribution is 7.80. The third kappa shape index (κ3) is 0.865. The van der Waals surface area contributed by atoms with Gasteiger partial charge in [0.1, 0.15) is 0 Å². The van der Waals surface area contributed by atoms with E-state index in [1.807, 2.05) is 6.07 Å². The summed E-state index contributed by atoms with van der Waals surface area (Å²) in [5, 5.41) is 0. The van der Waals surface area contributed by atoms with Gasteiger partial charge in [-0.25, -0.2) is 4.98 Å². The molecule has 52 valence electrons. The summed E-state index contributed by atoms with van der Waals surface area (Å²) < 4.78 is 5.21. The van der Waals surface area contributed by atoms with E-state index in [1.165, 1.54) is 5.56 Å². The van der Waals surface area contributed by atoms with Crippen molar-refractivity contribution in [1.82, 2.24) is 4.98 Å². The van der Waals surface area contributed by atoms with Crippen molar-refractivity contribution >= 4 is 12.6 Å². The van der Waals surface area contributed by atoms with Gasteiger partial charge in [-0.05, 0) is 6.07 Å². The monoisotopic (exact) mass is 153 g/mol. The number of aromatic nitrogens is 1. The third-order valence-corrected chi connectivity index (χ3v) is 1.77. The molecule has 0 aliphatic carbocycles. The van der Waals surface area contributed by atoms with Gasteiger partial charge in [-0.15, -0.1) is 12.6 Å². The van der Waals surface area contributed by atoms with Crippen LogP contribution in [0.4, 0.5) is 0 Å². The van der Waals surface area contributed by atoms with Crippen molar-refractivity contribution < 1.29 is 4.74 Å². The average molecular weight is 153 g/mol. The molecule has 2 heterocycles. The Bertz CT molecular complexity index is 262. The Kier molecular flexibility index (Phi) is 1.31. The highest BCUT2D eigenvalue weighted by Crippen LogP contribution is 2.23. The van der Waals surface area contributed by atoms with Gasteiger partial charge in [-0.1, -0.05) is 0 Å². The van der Waals surface area contributed by atoms with Gasteiger partial charge in [0, 0.05) is 23.1 Å². The molecule has 3 heteroatoms. The van der Waals surface area contributed by atoms with Crippen molar-refractivity contribution in [3.8, 4) is 5.88 Å². The molecule has 0 saturated heterocycles. The van der Waals surface area contributed by atoms with Gasteiger partial charge in [0.2, 0.25) is 5.88 Å². The van der Waals surface area contributed by atoms with Crippen LogP contribution in [-0.2, 0) is 6.42 Å². The van der Waals surface area contributed by atoms with Crippen molar-refractivity contribution in [2.75, 3.05) is 6.61 Å². The van der Waals surface area contributed by atoms with Gasteiger partial charge < -0.3 is 4.74 Å². The Morgan fingerprint density at radius 2 is 2.50 bits per heavy atom. The van der Waals surface area contributed by atoms with Crippen molar-refractivity contribution in [2.24, 2.45) is 0 Å². The molecule has 10 heavy (non-hydrogen) atoms. The highest BCUT2D eigenvalue weighted by Gasteiger charge is 2.12. The summed E-state index contributed by atoms with van der Waals surface area (Å²) in [4.78, 5) is 4.97. The number of hydrogen-bond donors (Lipinski definition) is 1. The SMILES string of the molecule is Sc1cnc2c(c1)CCO2. The molecule has 0 aromatic carbocycles. The van der Waals surface area contributed by atoms with E-state index in [4.69, 9.17) is 4.74 Å². The van der Waals surface area contributed by atoms with Crippen LogP contribution in [-0.4, -0.2) is 11.6 Å². The molecule has 1 aliphatic heterocycles. The van der Waals surface area contributed by atoms with E-state index in [0.717, 1.165) is 23.8 Å². The lowest BCUT2D eigenvalue weighted by molar-refractivity contribution is 0.344. The Hall–Kier alpha value is -0.700. The average Bonchev–Trinajstić information content (AvgIpc) is 2.33. The van der Waals surface area contributed by atoms with Crippen LogP contribution < -0.4 is 4.74 Å². The van der Waals surface area contributed by atoms with Gasteiger partial charge in [0.05, 0.1) is 6.61 Å². The lowest BCUT2D eigenvalue weighted by Crippen LogP contribution is -1.87. The van der Waals surface area contributed by atoms with E-state index >= 15 is 0 Å². The fourth-order valence-electron chi connectivity index (χ4n) is 1.05. The molecule has 0 fully saturated rings. The van der Waals surface area contributed by atoms with Gasteiger partial charge in [-0.2, -0.15) is 0 Å². The zero-order valence-electron chi connectivity index (χ0n) is 5.37. The molecule has 1 aromatic rings. The van der Waals surface area contributed by atoms with Crippen LogP contribution in [0.25, 0.3) is 0 Å². The first kappa shape index (κ1) is 6.04. The Balaban J connectivity index is 2.52. The van der Waals surface area contributed by atoms with Gasteiger partial charge in [0.15, 0.2) is 0 Å². The van der Waals surface area contributed by atoms with E-state index in [1.54, 1.807) is 6.20 Å². The van der Waals surface area contributed by atoms with Crippen LogP contribution in [0.15, 0.2) is 17.2 Å². The lowest BCUT2D eigenvalue weighted by atomic mass is 10.2. The summed E-state index contributed by atoms with van der Waals surface area (Å²) in [7, 11) is 0. The third-order valence-electron chi connectivity index (χ3n) is 1.52. The smallest absolute Gasteiger partial charge is 0.216 e. The number of fused-ring (bicyclic) bond motifs is 1. The van der Waals surface area contributed by atoms with Crippen LogP contribution in [0.3, 0.4) is 0 Å². The molecule has 0 bridgehead atoms. The van der Waals surface area contributed by atoms with Gasteiger partial charge >= 0.3 is 0 Å². The summed E-state index contributed by atoms with van der Waals surface area (Å²) >= 11 is 4.17. The van der Waals surface area contributed by atoms with Crippen LogP contribution in [0.1, 0.15) is 5.56 Å². The zero-order chi connectivity index (χ0) is 6.97. The number of ether oxygens (including phenoxy) is 1. The molecule has 0 atom stereocenters. The number of rotatable bonds is 0. The van der Waals surface area contributed by atoms with Crippen LogP contribution in [0.2, 0.25) is 0 Å². The summed E-state index contributed by atoms with van der Waals surface area (Å²) in [6.45, 7) is 0.763. The van der Waals surface area contributed by atoms with Gasteiger partial charge in [-0.3, -0.25) is 0 Å². The molecule has 0 amide bonds. The number of pyridine rings is 1. The van der Waals surface area contributed by atoms with Crippen LogP contribution >= 0.6 is 12.6 Å². The molecule has 0 spiro atoms. The molecule has 1 aromatic heterocycles. The number of hydrogen-bond acceptors (Lipinski definition) is 3. The van der Waals surface area contributed by atoms with E-state index in [9.17, 15) is 0 Å². The first-order valence-electron chi connectivity index (χ1n) is 3.17. The molecule has 0 N–H and O–H groups in total. The first-order valence-corrected chi connectivity index (χ1v) is 3.62. The Labute approximate surface area is 64.6 Å². The second kappa shape index (κ2) is 2.16. The normalized spacial score (nSPS) is 14.5. The molecule has 0 saturated carbocycles. The lowest BCUT2D eigenvalue weighted by Gasteiger charge is -1.95. The molecular formula is C7H7NOS. The molecule has 0 unspecified atom stereocenters. The van der Waals surface area contributed by atoms with E-state index in [2.05, 4.69) is 17.6 Å². The predicted octanol–water partition coefficient (Wildman–Crippen LogP) is 1.31. The van der Waals surface area contributed by atoms with Crippen molar-refractivity contribution in [2.45, 2.75) is 11.3 Å². The summed E-state index contributed by atoms with van der Waals surface area (Å²) in [5.74, 6) is 0.776. The second-order valence-corrected chi connectivity index (χ2v) is 2.77. The number of nitrogens with zero attached hydrogens (tertiary/aromatic N) is 1. The van der Waals surface area contributed by atoms with Crippen LogP contribution in [0, 0.1) is 0 Å². The highest BCUT2D eigenvalue weighted by atomic mass is 32.1. The summed E-state index contributed by atoms with van der Waals surface area (Å²) in [6.07, 6.45) is 2.67. The molecule has 1 aliphatic rings. The summed E-state index contributed by atoms with van der Waals surface area (Å²) in [6, 6.07) is 2.00. The van der Waals surface area contributed by atoms with E-state index in [-0.39, 0.29) is 0 Å².